The molecule has 0 saturated heterocycles. The van der Waals surface area contributed by atoms with Gasteiger partial charge in [0, 0.05) is 0 Å². The van der Waals surface area contributed by atoms with Crippen LogP contribution in [0.4, 0.5) is 5.13 Å². The fourth-order valence-corrected chi connectivity index (χ4v) is 2.15. The summed E-state index contributed by atoms with van der Waals surface area (Å²) in [5.74, 6) is 0.446. The van der Waals surface area contributed by atoms with Gasteiger partial charge in [0.05, 0.1) is 0 Å². The monoisotopic (exact) mass is 277 g/mol. The van der Waals surface area contributed by atoms with Crippen LogP contribution in [0.3, 0.4) is 0 Å². The fraction of sp³-hybridized carbons (Fsp3) is 0.308. The highest BCUT2D eigenvalue weighted by atomic mass is 32.1. The molecule has 0 saturated carbocycles. The van der Waals surface area contributed by atoms with Crippen molar-refractivity contribution in [3.8, 4) is 5.75 Å². The van der Waals surface area contributed by atoms with E-state index in [1.54, 1.807) is 0 Å². The minimum absolute atomic E-state index is 0.0372. The number of amides is 1. The molecular formula is C13H15N3O2S. The number of rotatable bonds is 5. The van der Waals surface area contributed by atoms with Gasteiger partial charge in [0.15, 0.2) is 6.61 Å². The smallest absolute Gasteiger partial charge is 0.264 e. The van der Waals surface area contributed by atoms with Gasteiger partial charge in [-0.1, -0.05) is 30.4 Å². The normalized spacial score (nSPS) is 10.2. The zero-order valence-electron chi connectivity index (χ0n) is 10.8. The standard InChI is InChI=1S/C13H15N3O2S/c1-3-12-15-16-13(19-12)14-11(17)8-18-10-6-4-5-9(2)7-10/h4-7H,3,8H2,1-2H3,(H,14,16,17). The zero-order valence-corrected chi connectivity index (χ0v) is 11.7. The second-order valence-corrected chi connectivity index (χ2v) is 5.07. The molecule has 1 aromatic carbocycles. The maximum atomic E-state index is 11.7. The van der Waals surface area contributed by atoms with Crippen LogP contribution in [-0.2, 0) is 11.2 Å². The minimum atomic E-state index is -0.236. The van der Waals surface area contributed by atoms with Crippen LogP contribution in [0.5, 0.6) is 5.75 Å². The van der Waals surface area contributed by atoms with E-state index in [0.717, 1.165) is 17.0 Å². The Balaban J connectivity index is 1.84. The number of nitrogens with one attached hydrogen (secondary N) is 1. The molecule has 0 unspecified atom stereocenters. The lowest BCUT2D eigenvalue weighted by Crippen LogP contribution is -2.20. The first-order chi connectivity index (χ1) is 9.17. The summed E-state index contributed by atoms with van der Waals surface area (Å²) in [6.45, 7) is 3.93. The molecular weight excluding hydrogens is 262 g/mol. The van der Waals surface area contributed by atoms with Crippen LogP contribution in [0.15, 0.2) is 24.3 Å². The van der Waals surface area contributed by atoms with Crippen LogP contribution in [0.1, 0.15) is 17.5 Å². The van der Waals surface area contributed by atoms with Gasteiger partial charge in [0.2, 0.25) is 5.13 Å². The van der Waals surface area contributed by atoms with Gasteiger partial charge in [-0.25, -0.2) is 0 Å². The Hall–Kier alpha value is -1.95. The molecule has 1 aromatic heterocycles. The maximum absolute atomic E-state index is 11.7. The predicted octanol–water partition coefficient (Wildman–Crippen LogP) is 2.43. The van der Waals surface area contributed by atoms with Crippen LogP contribution in [-0.4, -0.2) is 22.7 Å². The van der Waals surface area contributed by atoms with Crippen molar-refractivity contribution in [2.45, 2.75) is 20.3 Å². The summed E-state index contributed by atoms with van der Waals surface area (Å²) in [5, 5.41) is 11.9. The number of carbonyl (C=O) groups excluding carboxylic acids is 1. The molecule has 5 nitrogen and oxygen atoms in total. The highest BCUT2D eigenvalue weighted by Gasteiger charge is 2.08. The van der Waals surface area contributed by atoms with Crippen LogP contribution >= 0.6 is 11.3 Å². The first-order valence-corrected chi connectivity index (χ1v) is 6.80. The first-order valence-electron chi connectivity index (χ1n) is 5.99. The fourth-order valence-electron chi connectivity index (χ4n) is 1.46. The number of nitrogens with zero attached hydrogens (tertiary/aromatic N) is 2. The lowest BCUT2D eigenvalue weighted by atomic mass is 10.2. The lowest BCUT2D eigenvalue weighted by Gasteiger charge is -2.05. The average Bonchev–Trinajstić information content (AvgIpc) is 2.84. The molecule has 2 rings (SSSR count). The van der Waals surface area contributed by atoms with Gasteiger partial charge in [0.1, 0.15) is 10.8 Å². The quantitative estimate of drug-likeness (QED) is 0.911. The van der Waals surface area contributed by atoms with Gasteiger partial charge in [0.25, 0.3) is 5.91 Å². The number of anilines is 1. The Labute approximate surface area is 115 Å². The number of hydrogen-bond donors (Lipinski definition) is 1. The molecule has 0 fully saturated rings. The summed E-state index contributed by atoms with van der Waals surface area (Å²) >= 11 is 1.38. The molecule has 0 spiro atoms. The second kappa shape index (κ2) is 6.29. The SMILES string of the molecule is CCc1nnc(NC(=O)COc2cccc(C)c2)s1. The van der Waals surface area contributed by atoms with E-state index in [-0.39, 0.29) is 12.5 Å². The van der Waals surface area contributed by atoms with Crippen molar-refractivity contribution in [3.05, 3.63) is 34.8 Å². The minimum Gasteiger partial charge on any atom is -0.484 e. The number of hydrogen-bond acceptors (Lipinski definition) is 5. The Kier molecular flexibility index (Phi) is 4.46. The third-order valence-electron chi connectivity index (χ3n) is 2.38. The highest BCUT2D eigenvalue weighted by molar-refractivity contribution is 7.15. The molecule has 100 valence electrons. The van der Waals surface area contributed by atoms with Crippen LogP contribution in [0.25, 0.3) is 0 Å². The third kappa shape index (κ3) is 4.03. The topological polar surface area (TPSA) is 64.1 Å². The molecule has 19 heavy (non-hydrogen) atoms. The van der Waals surface area contributed by atoms with Crippen molar-refractivity contribution in [2.75, 3.05) is 11.9 Å². The van der Waals surface area contributed by atoms with Gasteiger partial charge in [-0.15, -0.1) is 10.2 Å². The van der Waals surface area contributed by atoms with Crippen molar-refractivity contribution < 1.29 is 9.53 Å². The van der Waals surface area contributed by atoms with Crippen molar-refractivity contribution in [1.29, 1.82) is 0 Å². The van der Waals surface area contributed by atoms with Crippen molar-refractivity contribution >= 4 is 22.4 Å². The van der Waals surface area contributed by atoms with E-state index in [2.05, 4.69) is 15.5 Å². The molecule has 1 amide bonds. The summed E-state index contributed by atoms with van der Waals surface area (Å²) in [4.78, 5) is 11.7. The Bertz CT molecular complexity index is 569. The largest absolute Gasteiger partial charge is 0.484 e. The van der Waals surface area contributed by atoms with Crippen LogP contribution in [0, 0.1) is 6.92 Å². The maximum Gasteiger partial charge on any atom is 0.264 e. The molecule has 0 bridgehead atoms. The molecule has 2 aromatic rings. The second-order valence-electron chi connectivity index (χ2n) is 4.01. The van der Waals surface area contributed by atoms with Crippen molar-refractivity contribution in [1.82, 2.24) is 10.2 Å². The molecule has 6 heteroatoms. The number of ether oxygens (including phenoxy) is 1. The summed E-state index contributed by atoms with van der Waals surface area (Å²) < 4.78 is 5.40. The molecule has 0 aliphatic rings. The third-order valence-corrected chi connectivity index (χ3v) is 3.36. The van der Waals surface area contributed by atoms with E-state index in [4.69, 9.17) is 4.74 Å². The molecule has 1 N–H and O–H groups in total. The van der Waals surface area contributed by atoms with E-state index in [1.165, 1.54) is 11.3 Å². The summed E-state index contributed by atoms with van der Waals surface area (Å²) in [6, 6.07) is 7.56. The number of carbonyl (C=O) groups is 1. The molecule has 0 aliphatic heterocycles. The van der Waals surface area contributed by atoms with Crippen LogP contribution < -0.4 is 10.1 Å². The van der Waals surface area contributed by atoms with E-state index >= 15 is 0 Å². The summed E-state index contributed by atoms with van der Waals surface area (Å²) in [5.41, 5.74) is 1.09. The number of aromatic nitrogens is 2. The molecule has 1 heterocycles. The van der Waals surface area contributed by atoms with E-state index < -0.39 is 0 Å². The zero-order chi connectivity index (χ0) is 13.7. The van der Waals surface area contributed by atoms with Crippen LogP contribution in [0.2, 0.25) is 0 Å². The summed E-state index contributed by atoms with van der Waals surface area (Å²) in [7, 11) is 0. The van der Waals surface area contributed by atoms with Crippen molar-refractivity contribution in [3.63, 3.8) is 0 Å². The Morgan fingerprint density at radius 3 is 2.95 bits per heavy atom. The first kappa shape index (κ1) is 13.5. The van der Waals surface area contributed by atoms with Gasteiger partial charge in [-0.3, -0.25) is 10.1 Å². The van der Waals surface area contributed by atoms with E-state index in [0.29, 0.717) is 10.9 Å². The van der Waals surface area contributed by atoms with E-state index in [9.17, 15) is 4.79 Å². The van der Waals surface area contributed by atoms with Crippen molar-refractivity contribution in [2.24, 2.45) is 0 Å². The number of aryl methyl sites for hydroxylation is 2. The van der Waals surface area contributed by atoms with Gasteiger partial charge in [-0.2, -0.15) is 0 Å². The Morgan fingerprint density at radius 2 is 2.26 bits per heavy atom. The Morgan fingerprint density at radius 1 is 1.42 bits per heavy atom. The van der Waals surface area contributed by atoms with Gasteiger partial charge in [-0.05, 0) is 31.0 Å². The average molecular weight is 277 g/mol. The molecule has 0 atom stereocenters. The highest BCUT2D eigenvalue weighted by Crippen LogP contribution is 2.16. The molecule has 0 aliphatic carbocycles. The predicted molar refractivity (Wildman–Crippen MR) is 74.6 cm³/mol. The summed E-state index contributed by atoms with van der Waals surface area (Å²) in [6.07, 6.45) is 0.813. The lowest BCUT2D eigenvalue weighted by molar-refractivity contribution is -0.118. The van der Waals surface area contributed by atoms with E-state index in [1.807, 2.05) is 38.1 Å². The molecule has 0 radical (unpaired) electrons. The van der Waals surface area contributed by atoms with Gasteiger partial charge < -0.3 is 4.74 Å². The van der Waals surface area contributed by atoms with Gasteiger partial charge >= 0.3 is 0 Å². The number of benzene rings is 1.